The fourth-order valence-corrected chi connectivity index (χ4v) is 7.77. The van der Waals surface area contributed by atoms with Gasteiger partial charge in [-0.25, -0.2) is 9.97 Å². The van der Waals surface area contributed by atoms with Gasteiger partial charge in [0.2, 0.25) is 5.95 Å². The molecule has 4 aromatic heterocycles. The molecule has 5 heteroatoms. The minimum atomic E-state index is 0.664. The predicted molar refractivity (Wildman–Crippen MR) is 179 cm³/mol. The molecule has 0 atom stereocenters. The second-order valence-electron chi connectivity index (χ2n) is 11.0. The summed E-state index contributed by atoms with van der Waals surface area (Å²) in [6.07, 6.45) is 0. The Balaban J connectivity index is 1.33. The van der Waals surface area contributed by atoms with Crippen LogP contribution in [0.15, 0.2) is 132 Å². The number of nitrogens with zero attached hydrogens (tertiary/aromatic N) is 3. The number of hydrogen-bond acceptors (Lipinski definition) is 4. The maximum Gasteiger partial charge on any atom is 0.235 e. The van der Waals surface area contributed by atoms with Crippen LogP contribution in [0, 0.1) is 0 Å². The van der Waals surface area contributed by atoms with E-state index in [1.807, 2.05) is 12.1 Å². The van der Waals surface area contributed by atoms with Gasteiger partial charge in [-0.3, -0.25) is 4.57 Å². The first kappa shape index (κ1) is 23.1. The minimum absolute atomic E-state index is 0.664. The summed E-state index contributed by atoms with van der Waals surface area (Å²) in [5, 5.41) is 8.16. The van der Waals surface area contributed by atoms with Gasteiger partial charge >= 0.3 is 0 Å². The van der Waals surface area contributed by atoms with E-state index in [1.165, 1.54) is 26.2 Å². The zero-order valence-electron chi connectivity index (χ0n) is 22.8. The zero-order chi connectivity index (χ0) is 28.1. The number of para-hydroxylation sites is 2. The van der Waals surface area contributed by atoms with Gasteiger partial charge in [-0.2, -0.15) is 0 Å². The molecule has 10 rings (SSSR count). The Labute approximate surface area is 249 Å². The van der Waals surface area contributed by atoms with E-state index in [1.54, 1.807) is 11.3 Å². The van der Waals surface area contributed by atoms with Crippen LogP contribution in [0.3, 0.4) is 0 Å². The number of rotatable bonds is 2. The van der Waals surface area contributed by atoms with Crippen LogP contribution in [0.2, 0.25) is 0 Å². The van der Waals surface area contributed by atoms with Gasteiger partial charge < -0.3 is 4.42 Å². The molecular weight excluding hydrogens is 547 g/mol. The third-order valence-electron chi connectivity index (χ3n) is 8.60. The van der Waals surface area contributed by atoms with Crippen molar-refractivity contribution in [3.05, 3.63) is 127 Å². The molecule has 0 spiro atoms. The van der Waals surface area contributed by atoms with Gasteiger partial charge in [-0.1, -0.05) is 84.9 Å². The maximum atomic E-state index is 6.30. The van der Waals surface area contributed by atoms with Crippen molar-refractivity contribution in [2.75, 3.05) is 0 Å². The number of thiophene rings is 1. The Bertz CT molecular complexity index is 2750. The number of furan rings is 1. The van der Waals surface area contributed by atoms with Crippen LogP contribution in [0.25, 0.3) is 92.0 Å². The lowest BCUT2D eigenvalue weighted by Crippen LogP contribution is -2.02. The summed E-state index contributed by atoms with van der Waals surface area (Å²) in [7, 11) is 0. The summed E-state index contributed by atoms with van der Waals surface area (Å²) in [6, 6.07) is 44.8. The summed E-state index contributed by atoms with van der Waals surface area (Å²) in [5.74, 6) is 0.664. The molecule has 0 saturated carbocycles. The van der Waals surface area contributed by atoms with E-state index in [4.69, 9.17) is 14.4 Å². The van der Waals surface area contributed by atoms with E-state index < -0.39 is 0 Å². The van der Waals surface area contributed by atoms with Crippen molar-refractivity contribution in [1.29, 1.82) is 0 Å². The topological polar surface area (TPSA) is 43.9 Å². The van der Waals surface area contributed by atoms with E-state index in [9.17, 15) is 0 Å². The van der Waals surface area contributed by atoms with Gasteiger partial charge in [0.25, 0.3) is 0 Å². The monoisotopic (exact) mass is 567 g/mol. The second-order valence-corrected chi connectivity index (χ2v) is 12.1. The molecule has 0 radical (unpaired) electrons. The van der Waals surface area contributed by atoms with Crippen LogP contribution in [0.4, 0.5) is 0 Å². The van der Waals surface area contributed by atoms with Gasteiger partial charge in [0.05, 0.1) is 26.9 Å². The highest BCUT2D eigenvalue weighted by Gasteiger charge is 2.21. The quantitative estimate of drug-likeness (QED) is 0.209. The van der Waals surface area contributed by atoms with Crippen molar-refractivity contribution >= 4 is 86.2 Å². The van der Waals surface area contributed by atoms with Crippen molar-refractivity contribution in [3.8, 4) is 17.2 Å². The van der Waals surface area contributed by atoms with E-state index in [0.717, 1.165) is 59.8 Å². The van der Waals surface area contributed by atoms with Gasteiger partial charge in [0.15, 0.2) is 0 Å². The van der Waals surface area contributed by atoms with E-state index in [2.05, 4.69) is 120 Å². The molecule has 10 aromatic rings. The summed E-state index contributed by atoms with van der Waals surface area (Å²) >= 11 is 1.74. The number of fused-ring (bicyclic) bond motifs is 10. The molecule has 0 unspecified atom stereocenters. The third-order valence-corrected chi connectivity index (χ3v) is 9.77. The van der Waals surface area contributed by atoms with Crippen LogP contribution < -0.4 is 0 Å². The van der Waals surface area contributed by atoms with Crippen LogP contribution in [-0.2, 0) is 0 Å². The first-order valence-corrected chi connectivity index (χ1v) is 15.2. The molecule has 0 amide bonds. The molecule has 6 aromatic carbocycles. The molecule has 0 bridgehead atoms. The standard InChI is InChI=1S/C38H21N3OS/c1-2-10-23-20-31-29(19-22(23)9-1)25-11-3-6-14-30(25)41(31)38-39-35(37-36(40-38)28-13-5-8-16-34(28)43-37)24-17-18-27-26-12-4-7-15-32(26)42-33(27)21-24/h1-21H. The molecule has 43 heavy (non-hydrogen) atoms. The summed E-state index contributed by atoms with van der Waals surface area (Å²) < 4.78 is 10.8. The molecule has 4 nitrogen and oxygen atoms in total. The fourth-order valence-electron chi connectivity index (χ4n) is 6.62. The van der Waals surface area contributed by atoms with Gasteiger partial charge in [-0.05, 0) is 53.2 Å². The van der Waals surface area contributed by atoms with Crippen LogP contribution in [-0.4, -0.2) is 14.5 Å². The second kappa shape index (κ2) is 8.51. The Morgan fingerprint density at radius 2 is 1.26 bits per heavy atom. The highest BCUT2D eigenvalue weighted by atomic mass is 32.1. The lowest BCUT2D eigenvalue weighted by atomic mass is 10.1. The normalized spacial score (nSPS) is 12.2. The average Bonchev–Trinajstić information content (AvgIpc) is 3.72. The molecule has 0 saturated heterocycles. The maximum absolute atomic E-state index is 6.30. The molecule has 0 N–H and O–H groups in total. The number of hydrogen-bond donors (Lipinski definition) is 0. The van der Waals surface area contributed by atoms with E-state index >= 15 is 0 Å². The number of aromatic nitrogens is 3. The minimum Gasteiger partial charge on any atom is -0.456 e. The molecule has 4 heterocycles. The highest BCUT2D eigenvalue weighted by molar-refractivity contribution is 7.26. The lowest BCUT2D eigenvalue weighted by Gasteiger charge is -2.10. The summed E-state index contributed by atoms with van der Waals surface area (Å²) in [6.45, 7) is 0. The first-order chi connectivity index (χ1) is 21.3. The van der Waals surface area contributed by atoms with E-state index in [-0.39, 0.29) is 0 Å². The smallest absolute Gasteiger partial charge is 0.235 e. The van der Waals surface area contributed by atoms with E-state index in [0.29, 0.717) is 5.95 Å². The lowest BCUT2D eigenvalue weighted by molar-refractivity contribution is 0.669. The van der Waals surface area contributed by atoms with Crippen LogP contribution in [0.5, 0.6) is 0 Å². The number of benzene rings is 6. The Morgan fingerprint density at radius 1 is 0.535 bits per heavy atom. The van der Waals surface area contributed by atoms with Crippen LogP contribution in [0.1, 0.15) is 0 Å². The molecule has 200 valence electrons. The van der Waals surface area contributed by atoms with Gasteiger partial charge in [0, 0.05) is 37.2 Å². The Kier molecular flexibility index (Phi) is 4.57. The SMILES string of the molecule is c1ccc2cc3c(cc2c1)c1ccccc1n3-c1nc(-c2ccc3c(c2)oc2ccccc23)c2sc3ccccc3c2n1. The Hall–Kier alpha value is -5.52. The van der Waals surface area contributed by atoms with Crippen molar-refractivity contribution in [2.45, 2.75) is 0 Å². The first-order valence-electron chi connectivity index (χ1n) is 14.3. The Morgan fingerprint density at radius 3 is 2.16 bits per heavy atom. The predicted octanol–water partition coefficient (Wildman–Crippen LogP) is 10.7. The summed E-state index contributed by atoms with van der Waals surface area (Å²) in [5.41, 5.74) is 6.83. The largest absolute Gasteiger partial charge is 0.456 e. The van der Waals surface area contributed by atoms with Crippen molar-refractivity contribution in [3.63, 3.8) is 0 Å². The van der Waals surface area contributed by atoms with Crippen molar-refractivity contribution in [1.82, 2.24) is 14.5 Å². The molecule has 0 aliphatic rings. The molecule has 0 aliphatic heterocycles. The van der Waals surface area contributed by atoms with Gasteiger partial charge in [-0.15, -0.1) is 11.3 Å². The third kappa shape index (κ3) is 3.25. The zero-order valence-corrected chi connectivity index (χ0v) is 23.6. The molecule has 0 fully saturated rings. The molecule has 0 aliphatic carbocycles. The average molecular weight is 568 g/mol. The summed E-state index contributed by atoms with van der Waals surface area (Å²) in [4.78, 5) is 10.7. The van der Waals surface area contributed by atoms with Crippen LogP contribution >= 0.6 is 11.3 Å². The van der Waals surface area contributed by atoms with Gasteiger partial charge in [0.1, 0.15) is 11.2 Å². The molecular formula is C38H21N3OS. The fraction of sp³-hybridized carbons (Fsp3) is 0. The van der Waals surface area contributed by atoms with Crippen molar-refractivity contribution in [2.24, 2.45) is 0 Å². The highest BCUT2D eigenvalue weighted by Crippen LogP contribution is 2.41. The van der Waals surface area contributed by atoms with Crippen molar-refractivity contribution < 1.29 is 4.42 Å².